The smallest absolute Gasteiger partial charge is 0.230 e. The van der Waals surface area contributed by atoms with E-state index in [9.17, 15) is 4.79 Å². The van der Waals surface area contributed by atoms with Crippen molar-refractivity contribution in [3.63, 3.8) is 0 Å². The van der Waals surface area contributed by atoms with E-state index >= 15 is 0 Å². The van der Waals surface area contributed by atoms with Crippen LogP contribution in [0.5, 0.6) is 11.5 Å². The molecule has 0 bridgehead atoms. The van der Waals surface area contributed by atoms with Crippen molar-refractivity contribution >= 4 is 22.4 Å². The van der Waals surface area contributed by atoms with Gasteiger partial charge < -0.3 is 14.8 Å². The number of aromatic nitrogens is 1. The quantitative estimate of drug-likeness (QED) is 0.943. The zero-order valence-electron chi connectivity index (χ0n) is 11.0. The highest BCUT2D eigenvalue weighted by Crippen LogP contribution is 2.30. The average Bonchev–Trinajstić information content (AvgIpc) is 2.83. The van der Waals surface area contributed by atoms with Crippen LogP contribution < -0.4 is 14.8 Å². The number of aryl methyl sites for hydroxylation is 1. The Morgan fingerprint density at radius 2 is 2.15 bits per heavy atom. The highest BCUT2D eigenvalue weighted by molar-refractivity contribution is 7.15. The summed E-state index contributed by atoms with van der Waals surface area (Å²) in [5.41, 5.74) is 0.889. The molecule has 1 aromatic carbocycles. The molecule has 0 spiro atoms. The second-order valence-electron chi connectivity index (χ2n) is 4.48. The van der Waals surface area contributed by atoms with Crippen molar-refractivity contribution in [3.8, 4) is 11.5 Å². The molecule has 2 aromatic rings. The van der Waals surface area contributed by atoms with Crippen molar-refractivity contribution in [2.45, 2.75) is 13.3 Å². The molecule has 0 saturated carbocycles. The van der Waals surface area contributed by atoms with Crippen LogP contribution in [0.1, 0.15) is 10.4 Å². The number of carbonyl (C=O) groups is 1. The van der Waals surface area contributed by atoms with E-state index in [4.69, 9.17) is 9.47 Å². The van der Waals surface area contributed by atoms with E-state index < -0.39 is 0 Å². The van der Waals surface area contributed by atoms with E-state index in [1.54, 1.807) is 6.20 Å². The molecule has 0 fully saturated rings. The number of rotatable bonds is 3. The lowest BCUT2D eigenvalue weighted by Gasteiger charge is -2.18. The van der Waals surface area contributed by atoms with Gasteiger partial charge in [0.15, 0.2) is 16.6 Å². The Balaban J connectivity index is 1.66. The van der Waals surface area contributed by atoms with Crippen LogP contribution in [0.25, 0.3) is 0 Å². The maximum Gasteiger partial charge on any atom is 0.230 e. The number of carbonyl (C=O) groups excluding carboxylic acids is 1. The Morgan fingerprint density at radius 3 is 2.90 bits per heavy atom. The molecule has 6 heteroatoms. The number of hydrogen-bond acceptors (Lipinski definition) is 5. The minimum absolute atomic E-state index is 0.0870. The fourth-order valence-corrected chi connectivity index (χ4v) is 2.64. The third kappa shape index (κ3) is 2.91. The molecule has 0 radical (unpaired) electrons. The zero-order chi connectivity index (χ0) is 13.9. The van der Waals surface area contributed by atoms with E-state index in [1.807, 2.05) is 25.1 Å². The number of anilines is 1. The summed E-state index contributed by atoms with van der Waals surface area (Å²) in [4.78, 5) is 17.1. The van der Waals surface area contributed by atoms with E-state index in [-0.39, 0.29) is 12.3 Å². The van der Waals surface area contributed by atoms with Crippen LogP contribution in [0.2, 0.25) is 0 Å². The summed E-state index contributed by atoms with van der Waals surface area (Å²) in [5, 5.41) is 3.42. The lowest BCUT2D eigenvalue weighted by atomic mass is 10.1. The number of ether oxygens (including phenoxy) is 2. The van der Waals surface area contributed by atoms with Crippen LogP contribution in [-0.4, -0.2) is 24.1 Å². The number of thiazole rings is 1. The number of benzene rings is 1. The molecule has 1 amide bonds. The Labute approximate surface area is 120 Å². The molecule has 0 aliphatic carbocycles. The fraction of sp³-hybridized carbons (Fsp3) is 0.286. The largest absolute Gasteiger partial charge is 0.486 e. The Bertz CT molecular complexity index is 639. The second kappa shape index (κ2) is 5.50. The molecule has 0 atom stereocenters. The average molecular weight is 290 g/mol. The molecule has 1 aliphatic rings. The van der Waals surface area contributed by atoms with Crippen molar-refractivity contribution in [1.29, 1.82) is 0 Å². The molecule has 2 heterocycles. The topological polar surface area (TPSA) is 60.5 Å². The number of amides is 1. The highest BCUT2D eigenvalue weighted by Gasteiger charge is 2.13. The predicted molar refractivity (Wildman–Crippen MR) is 76.6 cm³/mol. The number of nitrogens with one attached hydrogen (secondary N) is 1. The van der Waals surface area contributed by atoms with Crippen molar-refractivity contribution < 1.29 is 14.3 Å². The third-order valence-electron chi connectivity index (χ3n) is 2.84. The normalized spacial score (nSPS) is 13.1. The summed E-state index contributed by atoms with van der Waals surface area (Å²) in [5.74, 6) is 1.35. The molecule has 20 heavy (non-hydrogen) atoms. The lowest BCUT2D eigenvalue weighted by Crippen LogP contribution is -2.17. The highest BCUT2D eigenvalue weighted by atomic mass is 32.1. The van der Waals surface area contributed by atoms with E-state index in [0.717, 1.165) is 16.2 Å². The van der Waals surface area contributed by atoms with Crippen molar-refractivity contribution in [1.82, 2.24) is 4.98 Å². The SMILES string of the molecule is Cc1cnc(NC(=O)Cc2ccc3c(c2)OCCO3)s1. The van der Waals surface area contributed by atoms with Crippen molar-refractivity contribution in [3.05, 3.63) is 34.8 Å². The van der Waals surface area contributed by atoms with Gasteiger partial charge in [-0.2, -0.15) is 0 Å². The first-order valence-electron chi connectivity index (χ1n) is 6.31. The first kappa shape index (κ1) is 12.9. The number of nitrogens with zero attached hydrogens (tertiary/aromatic N) is 1. The molecular formula is C14H14N2O3S. The predicted octanol–water partition coefficient (Wildman–Crippen LogP) is 2.40. The van der Waals surface area contributed by atoms with E-state index in [1.165, 1.54) is 11.3 Å². The van der Waals surface area contributed by atoms with Crippen LogP contribution in [0.15, 0.2) is 24.4 Å². The number of fused-ring (bicyclic) bond motifs is 1. The summed E-state index contributed by atoms with van der Waals surface area (Å²) in [6, 6.07) is 5.56. The summed E-state index contributed by atoms with van der Waals surface area (Å²) < 4.78 is 10.9. The summed E-state index contributed by atoms with van der Waals surface area (Å²) in [6.07, 6.45) is 2.03. The molecule has 1 N–H and O–H groups in total. The van der Waals surface area contributed by atoms with Gasteiger partial charge in [-0.15, -0.1) is 11.3 Å². The molecule has 1 aliphatic heterocycles. The standard InChI is InChI=1S/C14H14N2O3S/c1-9-8-15-14(20-9)16-13(17)7-10-2-3-11-12(6-10)19-5-4-18-11/h2-3,6,8H,4-5,7H2,1H3,(H,15,16,17). The van der Waals surface area contributed by atoms with Gasteiger partial charge in [0.05, 0.1) is 6.42 Å². The van der Waals surface area contributed by atoms with Gasteiger partial charge in [0.1, 0.15) is 13.2 Å². The van der Waals surface area contributed by atoms with Crippen LogP contribution >= 0.6 is 11.3 Å². The Kier molecular flexibility index (Phi) is 3.56. The summed E-state index contributed by atoms with van der Waals surface area (Å²) in [7, 11) is 0. The van der Waals surface area contributed by atoms with Gasteiger partial charge in [0.2, 0.25) is 5.91 Å². The van der Waals surface area contributed by atoms with Crippen LogP contribution in [0.3, 0.4) is 0 Å². The zero-order valence-corrected chi connectivity index (χ0v) is 11.8. The van der Waals surface area contributed by atoms with Crippen LogP contribution in [0.4, 0.5) is 5.13 Å². The van der Waals surface area contributed by atoms with Crippen molar-refractivity contribution in [2.75, 3.05) is 18.5 Å². The summed E-state index contributed by atoms with van der Waals surface area (Å²) in [6.45, 7) is 3.06. The third-order valence-corrected chi connectivity index (χ3v) is 3.67. The first-order chi connectivity index (χ1) is 9.70. The molecular weight excluding hydrogens is 276 g/mol. The van der Waals surface area contributed by atoms with Gasteiger partial charge in [-0.05, 0) is 24.6 Å². The Morgan fingerprint density at radius 1 is 1.35 bits per heavy atom. The summed E-state index contributed by atoms with van der Waals surface area (Å²) >= 11 is 1.46. The second-order valence-corrected chi connectivity index (χ2v) is 5.71. The van der Waals surface area contributed by atoms with Gasteiger partial charge in [0, 0.05) is 11.1 Å². The van der Waals surface area contributed by atoms with Gasteiger partial charge in [-0.3, -0.25) is 4.79 Å². The maximum atomic E-state index is 11.9. The molecule has 1 aromatic heterocycles. The Hall–Kier alpha value is -2.08. The molecule has 3 rings (SSSR count). The van der Waals surface area contributed by atoms with Crippen LogP contribution in [-0.2, 0) is 11.2 Å². The van der Waals surface area contributed by atoms with Gasteiger partial charge in [0.25, 0.3) is 0 Å². The van der Waals surface area contributed by atoms with Gasteiger partial charge in [-0.1, -0.05) is 6.07 Å². The molecule has 0 saturated heterocycles. The minimum atomic E-state index is -0.0870. The van der Waals surface area contributed by atoms with Gasteiger partial charge >= 0.3 is 0 Å². The minimum Gasteiger partial charge on any atom is -0.486 e. The monoisotopic (exact) mass is 290 g/mol. The van der Waals surface area contributed by atoms with Crippen LogP contribution in [0, 0.1) is 6.92 Å². The van der Waals surface area contributed by atoms with Crippen molar-refractivity contribution in [2.24, 2.45) is 0 Å². The maximum absolute atomic E-state index is 11.9. The van der Waals surface area contributed by atoms with E-state index in [2.05, 4.69) is 10.3 Å². The molecule has 0 unspecified atom stereocenters. The first-order valence-corrected chi connectivity index (χ1v) is 7.13. The number of hydrogen-bond donors (Lipinski definition) is 1. The fourth-order valence-electron chi connectivity index (χ4n) is 1.96. The molecule has 104 valence electrons. The molecule has 5 nitrogen and oxygen atoms in total. The lowest BCUT2D eigenvalue weighted by molar-refractivity contribution is -0.115. The van der Waals surface area contributed by atoms with Gasteiger partial charge in [-0.25, -0.2) is 4.98 Å². The van der Waals surface area contributed by atoms with E-state index in [0.29, 0.717) is 24.1 Å².